The highest BCUT2D eigenvalue weighted by Gasteiger charge is 2.17. The molecule has 0 radical (unpaired) electrons. The number of amides is 1. The number of rotatable bonds is 6. The Kier molecular flexibility index (Phi) is 4.61. The molecule has 0 aromatic carbocycles. The van der Waals surface area contributed by atoms with Crippen LogP contribution in [-0.2, 0) is 9.47 Å². The van der Waals surface area contributed by atoms with Crippen molar-refractivity contribution in [1.29, 1.82) is 0 Å². The molecule has 1 aromatic heterocycles. The first kappa shape index (κ1) is 13.1. The van der Waals surface area contributed by atoms with Gasteiger partial charge in [0.15, 0.2) is 12.1 Å². The number of hydrogen-bond donors (Lipinski definition) is 1. The van der Waals surface area contributed by atoms with E-state index in [2.05, 4.69) is 5.32 Å². The number of furan rings is 1. The van der Waals surface area contributed by atoms with Crippen molar-refractivity contribution in [3.05, 3.63) is 28.0 Å². The predicted molar refractivity (Wildman–Crippen MR) is 55.5 cm³/mol. The molecule has 8 heteroatoms. The number of carbonyl (C=O) groups excluding carboxylic acids is 1. The van der Waals surface area contributed by atoms with E-state index in [0.29, 0.717) is 0 Å². The van der Waals surface area contributed by atoms with Gasteiger partial charge in [-0.25, -0.2) is 0 Å². The van der Waals surface area contributed by atoms with Crippen molar-refractivity contribution in [3.8, 4) is 0 Å². The number of nitrogens with zero attached hydrogens (tertiary/aromatic N) is 1. The summed E-state index contributed by atoms with van der Waals surface area (Å²) in [6, 6.07) is 2.33. The molecule has 0 aliphatic rings. The number of carbonyl (C=O) groups is 1. The van der Waals surface area contributed by atoms with Crippen molar-refractivity contribution < 1.29 is 23.6 Å². The van der Waals surface area contributed by atoms with Crippen LogP contribution in [0.5, 0.6) is 0 Å². The van der Waals surface area contributed by atoms with Gasteiger partial charge < -0.3 is 19.2 Å². The largest absolute Gasteiger partial charge is 0.433 e. The summed E-state index contributed by atoms with van der Waals surface area (Å²) in [7, 11) is 2.86. The zero-order valence-electron chi connectivity index (χ0n) is 9.34. The molecule has 8 nitrogen and oxygen atoms in total. The standard InChI is InChI=1S/C9H12N2O6/c1-15-8(16-2)5-10-9(12)6-3-4-7(17-6)11(13)14/h3-4,8H,5H2,1-2H3,(H,10,12). The van der Waals surface area contributed by atoms with Crippen molar-refractivity contribution in [2.75, 3.05) is 20.8 Å². The fraction of sp³-hybridized carbons (Fsp3) is 0.444. The third-order valence-electron chi connectivity index (χ3n) is 1.95. The summed E-state index contributed by atoms with van der Waals surface area (Å²) in [6.45, 7) is 0.111. The molecular weight excluding hydrogens is 232 g/mol. The van der Waals surface area contributed by atoms with Gasteiger partial charge in [0.2, 0.25) is 0 Å². The number of nitro groups is 1. The van der Waals surface area contributed by atoms with Crippen LogP contribution < -0.4 is 5.32 Å². The second-order valence-electron chi connectivity index (χ2n) is 3.01. The number of ether oxygens (including phenoxy) is 2. The summed E-state index contributed by atoms with van der Waals surface area (Å²) >= 11 is 0. The Labute approximate surface area is 96.6 Å². The van der Waals surface area contributed by atoms with E-state index in [1.54, 1.807) is 0 Å². The van der Waals surface area contributed by atoms with Gasteiger partial charge in [0.05, 0.1) is 12.6 Å². The van der Waals surface area contributed by atoms with Gasteiger partial charge in [-0.05, 0) is 6.07 Å². The summed E-state index contributed by atoms with van der Waals surface area (Å²) in [5.74, 6) is -1.19. The average Bonchev–Trinajstić information content (AvgIpc) is 2.79. The smallest absolute Gasteiger partial charge is 0.395 e. The van der Waals surface area contributed by atoms with Gasteiger partial charge in [0.1, 0.15) is 4.92 Å². The number of hydrogen-bond acceptors (Lipinski definition) is 6. The minimum Gasteiger partial charge on any atom is -0.395 e. The molecule has 0 spiro atoms. The Morgan fingerprint density at radius 3 is 2.65 bits per heavy atom. The first-order chi connectivity index (χ1) is 8.08. The van der Waals surface area contributed by atoms with Gasteiger partial charge >= 0.3 is 5.88 Å². The third-order valence-corrected chi connectivity index (χ3v) is 1.95. The lowest BCUT2D eigenvalue weighted by atomic mass is 10.4. The molecule has 0 fully saturated rings. The monoisotopic (exact) mass is 244 g/mol. The fourth-order valence-electron chi connectivity index (χ4n) is 1.07. The molecule has 1 rings (SSSR count). The molecule has 0 saturated heterocycles. The summed E-state index contributed by atoms with van der Waals surface area (Å²) in [5.41, 5.74) is 0. The number of nitrogens with one attached hydrogen (secondary N) is 1. The molecule has 0 bridgehead atoms. The van der Waals surface area contributed by atoms with Crippen molar-refractivity contribution in [3.63, 3.8) is 0 Å². The average molecular weight is 244 g/mol. The Balaban J connectivity index is 2.54. The lowest BCUT2D eigenvalue weighted by Gasteiger charge is -2.13. The van der Waals surface area contributed by atoms with Crippen LogP contribution in [0.25, 0.3) is 0 Å². The summed E-state index contributed by atoms with van der Waals surface area (Å²) < 4.78 is 14.4. The maximum Gasteiger partial charge on any atom is 0.433 e. The maximum absolute atomic E-state index is 11.5. The first-order valence-corrected chi connectivity index (χ1v) is 4.66. The molecular formula is C9H12N2O6. The molecule has 0 aliphatic heterocycles. The van der Waals surface area contributed by atoms with Crippen LogP contribution in [0.2, 0.25) is 0 Å². The summed E-state index contributed by atoms with van der Waals surface area (Å²) in [6.07, 6.45) is -0.580. The van der Waals surface area contributed by atoms with Gasteiger partial charge in [-0.2, -0.15) is 0 Å². The Morgan fingerprint density at radius 2 is 2.18 bits per heavy atom. The predicted octanol–water partition coefficient (Wildman–Crippen LogP) is 0.536. The zero-order chi connectivity index (χ0) is 12.8. The third kappa shape index (κ3) is 3.54. The van der Waals surface area contributed by atoms with Crippen LogP contribution in [0.3, 0.4) is 0 Å². The van der Waals surface area contributed by atoms with Crippen molar-refractivity contribution in [1.82, 2.24) is 5.32 Å². The second-order valence-corrected chi connectivity index (χ2v) is 3.01. The Morgan fingerprint density at radius 1 is 1.53 bits per heavy atom. The molecule has 1 N–H and O–H groups in total. The lowest BCUT2D eigenvalue weighted by Crippen LogP contribution is -2.33. The first-order valence-electron chi connectivity index (χ1n) is 4.66. The van der Waals surface area contributed by atoms with E-state index in [0.717, 1.165) is 6.07 Å². The molecule has 94 valence electrons. The quantitative estimate of drug-likeness (QED) is 0.445. The highest BCUT2D eigenvalue weighted by molar-refractivity contribution is 5.91. The molecule has 17 heavy (non-hydrogen) atoms. The maximum atomic E-state index is 11.5. The Bertz CT molecular complexity index is 398. The van der Waals surface area contributed by atoms with E-state index in [4.69, 9.17) is 13.9 Å². The SMILES string of the molecule is COC(CNC(=O)c1ccc([N+](=O)[O-])o1)OC. The van der Waals surface area contributed by atoms with Crippen LogP contribution >= 0.6 is 0 Å². The molecule has 1 heterocycles. The van der Waals surface area contributed by atoms with E-state index in [-0.39, 0.29) is 12.3 Å². The van der Waals surface area contributed by atoms with Crippen molar-refractivity contribution in [2.45, 2.75) is 6.29 Å². The molecule has 0 atom stereocenters. The van der Waals surface area contributed by atoms with Crippen molar-refractivity contribution >= 4 is 11.8 Å². The second kappa shape index (κ2) is 5.97. The van der Waals surface area contributed by atoms with Crippen molar-refractivity contribution in [2.24, 2.45) is 0 Å². The van der Waals surface area contributed by atoms with Crippen LogP contribution in [0.4, 0.5) is 5.88 Å². The lowest BCUT2D eigenvalue weighted by molar-refractivity contribution is -0.402. The van der Waals surface area contributed by atoms with Crippen LogP contribution in [0, 0.1) is 10.1 Å². The topological polar surface area (TPSA) is 104 Å². The highest BCUT2D eigenvalue weighted by atomic mass is 16.7. The summed E-state index contributed by atoms with van der Waals surface area (Å²) in [5, 5.41) is 12.8. The molecule has 1 amide bonds. The van der Waals surface area contributed by atoms with E-state index < -0.39 is 23.0 Å². The molecule has 0 aliphatic carbocycles. The minimum absolute atomic E-state index is 0.111. The van der Waals surface area contributed by atoms with E-state index >= 15 is 0 Å². The molecule has 1 aromatic rings. The van der Waals surface area contributed by atoms with Gasteiger partial charge in [-0.3, -0.25) is 14.9 Å². The van der Waals surface area contributed by atoms with E-state index in [1.165, 1.54) is 20.3 Å². The molecule has 0 saturated carbocycles. The van der Waals surface area contributed by atoms with E-state index in [1.807, 2.05) is 0 Å². The van der Waals surface area contributed by atoms with Gasteiger partial charge in [-0.1, -0.05) is 0 Å². The van der Waals surface area contributed by atoms with Gasteiger partial charge in [0, 0.05) is 14.2 Å². The zero-order valence-corrected chi connectivity index (χ0v) is 9.34. The molecule has 0 unspecified atom stereocenters. The minimum atomic E-state index is -0.718. The fourth-order valence-corrected chi connectivity index (χ4v) is 1.07. The van der Waals surface area contributed by atoms with Crippen LogP contribution in [-0.4, -0.2) is 37.9 Å². The highest BCUT2D eigenvalue weighted by Crippen LogP contribution is 2.15. The van der Waals surface area contributed by atoms with Crippen LogP contribution in [0.1, 0.15) is 10.6 Å². The van der Waals surface area contributed by atoms with Crippen LogP contribution in [0.15, 0.2) is 16.5 Å². The number of methoxy groups -OCH3 is 2. The van der Waals surface area contributed by atoms with E-state index in [9.17, 15) is 14.9 Å². The van der Waals surface area contributed by atoms with Gasteiger partial charge in [0.25, 0.3) is 5.91 Å². The Hall–Kier alpha value is -1.93. The van der Waals surface area contributed by atoms with Gasteiger partial charge in [-0.15, -0.1) is 0 Å². The normalized spacial score (nSPS) is 10.5. The summed E-state index contributed by atoms with van der Waals surface area (Å²) in [4.78, 5) is 21.1.